The van der Waals surface area contributed by atoms with Crippen molar-refractivity contribution in [3.05, 3.63) is 53.1 Å². The Labute approximate surface area is 231 Å². The number of carbonyl (C=O) groups excluding carboxylic acids is 2. The van der Waals surface area contributed by atoms with Crippen molar-refractivity contribution in [3.63, 3.8) is 0 Å². The normalized spacial score (nSPS) is 17.0. The van der Waals surface area contributed by atoms with Gasteiger partial charge in [-0.3, -0.25) is 9.59 Å². The smallest absolute Gasteiger partial charge is 0.406 e. The first-order valence-electron chi connectivity index (χ1n) is 12.5. The van der Waals surface area contributed by atoms with E-state index in [4.69, 9.17) is 4.74 Å². The maximum absolute atomic E-state index is 14.4. The van der Waals surface area contributed by atoms with Gasteiger partial charge in [0.2, 0.25) is 0 Å². The van der Waals surface area contributed by atoms with Crippen molar-refractivity contribution in [3.8, 4) is 17.6 Å². The molecule has 218 valence electrons. The van der Waals surface area contributed by atoms with E-state index in [0.29, 0.717) is 13.0 Å². The summed E-state index contributed by atoms with van der Waals surface area (Å²) in [5, 5.41) is 10.7. The van der Waals surface area contributed by atoms with Crippen LogP contribution in [0, 0.1) is 17.7 Å². The summed E-state index contributed by atoms with van der Waals surface area (Å²) in [5.74, 6) is 3.65. The number of nitrogens with one attached hydrogen (secondary N) is 4. The summed E-state index contributed by atoms with van der Waals surface area (Å²) in [5.41, 5.74) is 0.232. The van der Waals surface area contributed by atoms with Crippen LogP contribution in [0.15, 0.2) is 30.6 Å². The number of hydrogen-bond donors (Lipinski definition) is 4. The van der Waals surface area contributed by atoms with Crippen LogP contribution >= 0.6 is 0 Å². The van der Waals surface area contributed by atoms with E-state index < -0.39 is 42.6 Å². The molecular weight excluding hydrogens is 551 g/mol. The number of imidazole rings is 1. The minimum atomic E-state index is -4.54. The van der Waals surface area contributed by atoms with Crippen LogP contribution in [-0.2, 0) is 6.54 Å². The van der Waals surface area contributed by atoms with Gasteiger partial charge < -0.3 is 30.6 Å². The first kappa shape index (κ1) is 29.6. The van der Waals surface area contributed by atoms with Crippen LogP contribution in [-0.4, -0.2) is 73.5 Å². The number of rotatable bonds is 7. The molecule has 1 aromatic heterocycles. The Morgan fingerprint density at radius 3 is 2.66 bits per heavy atom. The molecule has 3 aromatic rings. The molecule has 2 heterocycles. The maximum Gasteiger partial charge on any atom is 0.406 e. The van der Waals surface area contributed by atoms with E-state index in [-0.39, 0.29) is 52.3 Å². The molecule has 2 atom stereocenters. The highest BCUT2D eigenvalue weighted by Gasteiger charge is 2.30. The van der Waals surface area contributed by atoms with Crippen LogP contribution in [0.1, 0.15) is 32.7 Å². The largest absolute Gasteiger partial charge is 0.495 e. The van der Waals surface area contributed by atoms with Gasteiger partial charge in [0.1, 0.15) is 29.8 Å². The number of aromatic nitrogens is 2. The molecule has 1 aliphatic rings. The molecule has 4 rings (SSSR count). The number of piperidine rings is 1. The lowest BCUT2D eigenvalue weighted by Gasteiger charge is -2.27. The van der Waals surface area contributed by atoms with Gasteiger partial charge in [-0.05, 0) is 31.2 Å². The van der Waals surface area contributed by atoms with E-state index in [1.54, 1.807) is 0 Å². The van der Waals surface area contributed by atoms with E-state index >= 15 is 0 Å². The van der Waals surface area contributed by atoms with E-state index in [2.05, 4.69) is 38.1 Å². The van der Waals surface area contributed by atoms with Crippen molar-refractivity contribution in [2.75, 3.05) is 39.1 Å². The molecule has 14 heteroatoms. The SMILES string of the molecule is CNC(=O)c1cc(OC)c(NCC#Cc2cc(C(=O)N[C@H]3CCNC[C@@H]3F)c3ncn(CC(F)(F)F)c3c2)cc1F. The molecule has 1 aliphatic heterocycles. The Morgan fingerprint density at radius 2 is 1.98 bits per heavy atom. The molecule has 4 N–H and O–H groups in total. The standard InChI is InChI=1S/C27H27F5N6O3/c1-33-25(39)16-10-23(41-2)21(11-18(16)28)35-6-3-4-15-8-17(26(40)37-20-5-7-34-12-19(20)29)24-22(9-15)38(14-36-24)13-27(30,31)32/h8-11,14,19-20,34-35H,5-7,12-13H2,1-2H3,(H,33,39)(H,37,40)/t19-,20-/m0/s1. The first-order chi connectivity index (χ1) is 19.5. The zero-order valence-corrected chi connectivity index (χ0v) is 22.1. The minimum absolute atomic E-state index is 0.0242. The number of nitrogens with zero attached hydrogens (tertiary/aromatic N) is 2. The fourth-order valence-electron chi connectivity index (χ4n) is 4.41. The third-order valence-electron chi connectivity index (χ3n) is 6.41. The van der Waals surface area contributed by atoms with Crippen molar-refractivity contribution < 1.29 is 36.3 Å². The molecule has 41 heavy (non-hydrogen) atoms. The highest BCUT2D eigenvalue weighted by Crippen LogP contribution is 2.28. The van der Waals surface area contributed by atoms with E-state index in [1.807, 2.05) is 0 Å². The van der Waals surface area contributed by atoms with Crippen molar-refractivity contribution in [2.24, 2.45) is 0 Å². The van der Waals surface area contributed by atoms with Crippen LogP contribution in [0.5, 0.6) is 5.75 Å². The van der Waals surface area contributed by atoms with E-state index in [9.17, 15) is 31.5 Å². The molecule has 2 amide bonds. The van der Waals surface area contributed by atoms with Crippen molar-refractivity contribution in [2.45, 2.75) is 31.4 Å². The van der Waals surface area contributed by atoms with Gasteiger partial charge in [0.05, 0.1) is 48.4 Å². The number of hydrogen-bond acceptors (Lipinski definition) is 6. The summed E-state index contributed by atoms with van der Waals surface area (Å²) in [6, 6.07) is 4.30. The zero-order chi connectivity index (χ0) is 29.7. The second-order valence-electron chi connectivity index (χ2n) is 9.23. The number of anilines is 1. The Kier molecular flexibility index (Phi) is 8.97. The molecule has 2 aromatic carbocycles. The van der Waals surface area contributed by atoms with Gasteiger partial charge in [-0.15, -0.1) is 0 Å². The highest BCUT2D eigenvalue weighted by atomic mass is 19.4. The second-order valence-corrected chi connectivity index (χ2v) is 9.23. The third-order valence-corrected chi connectivity index (χ3v) is 6.41. The number of carbonyl (C=O) groups is 2. The van der Waals surface area contributed by atoms with Crippen LogP contribution in [0.3, 0.4) is 0 Å². The summed E-state index contributed by atoms with van der Waals surface area (Å²) in [4.78, 5) is 29.0. The van der Waals surface area contributed by atoms with E-state index in [1.165, 1.54) is 32.4 Å². The van der Waals surface area contributed by atoms with Gasteiger partial charge in [-0.25, -0.2) is 13.8 Å². The van der Waals surface area contributed by atoms with Crippen LogP contribution in [0.25, 0.3) is 11.0 Å². The predicted molar refractivity (Wildman–Crippen MR) is 141 cm³/mol. The quantitative estimate of drug-likeness (QED) is 0.254. The van der Waals surface area contributed by atoms with Gasteiger partial charge >= 0.3 is 6.18 Å². The molecular formula is C27H27F5N6O3. The van der Waals surface area contributed by atoms with Crippen LogP contribution < -0.4 is 26.0 Å². The first-order valence-corrected chi connectivity index (χ1v) is 12.5. The fraction of sp³-hybridized carbons (Fsp3) is 0.370. The molecule has 0 aliphatic carbocycles. The Morgan fingerprint density at radius 1 is 1.20 bits per heavy atom. The van der Waals surface area contributed by atoms with Gasteiger partial charge in [0, 0.05) is 25.2 Å². The molecule has 0 radical (unpaired) electrons. The minimum Gasteiger partial charge on any atom is -0.495 e. The molecule has 0 saturated carbocycles. The molecule has 0 unspecified atom stereocenters. The number of halogens is 5. The number of methoxy groups -OCH3 is 1. The fourth-order valence-corrected chi connectivity index (χ4v) is 4.41. The topological polar surface area (TPSA) is 109 Å². The average Bonchev–Trinajstić information content (AvgIpc) is 3.32. The number of alkyl halides is 4. The van der Waals surface area contributed by atoms with E-state index in [0.717, 1.165) is 17.0 Å². The summed E-state index contributed by atoms with van der Waals surface area (Å²) in [6.45, 7) is -0.804. The van der Waals surface area contributed by atoms with Crippen LogP contribution in [0.4, 0.5) is 27.6 Å². The summed E-state index contributed by atoms with van der Waals surface area (Å²) in [7, 11) is 2.71. The van der Waals surface area contributed by atoms with Crippen LogP contribution in [0.2, 0.25) is 0 Å². The molecule has 0 spiro atoms. The Hall–Kier alpha value is -4.38. The van der Waals surface area contributed by atoms with Gasteiger partial charge in [-0.2, -0.15) is 13.2 Å². The summed E-state index contributed by atoms with van der Waals surface area (Å²) < 4.78 is 74.3. The summed E-state index contributed by atoms with van der Waals surface area (Å²) in [6.07, 6.45) is -4.54. The molecule has 0 bridgehead atoms. The number of amides is 2. The zero-order valence-electron chi connectivity index (χ0n) is 22.1. The number of fused-ring (bicyclic) bond motifs is 1. The number of benzene rings is 2. The van der Waals surface area contributed by atoms with Gasteiger partial charge in [-0.1, -0.05) is 11.8 Å². The Balaban J connectivity index is 1.62. The molecule has 1 fully saturated rings. The molecule has 9 nitrogen and oxygen atoms in total. The van der Waals surface area contributed by atoms with Gasteiger partial charge in [0.25, 0.3) is 11.8 Å². The van der Waals surface area contributed by atoms with Crippen molar-refractivity contribution in [1.29, 1.82) is 0 Å². The maximum atomic E-state index is 14.4. The lowest BCUT2D eigenvalue weighted by molar-refractivity contribution is -0.139. The lowest BCUT2D eigenvalue weighted by atomic mass is 10.0. The average molecular weight is 579 g/mol. The Bertz CT molecular complexity index is 1510. The predicted octanol–water partition coefficient (Wildman–Crippen LogP) is 3.00. The number of ether oxygens (including phenoxy) is 1. The molecule has 1 saturated heterocycles. The summed E-state index contributed by atoms with van der Waals surface area (Å²) >= 11 is 0. The van der Waals surface area contributed by atoms with Crippen molar-refractivity contribution >= 4 is 28.5 Å². The third kappa shape index (κ3) is 7.04. The lowest BCUT2D eigenvalue weighted by Crippen LogP contribution is -2.50. The monoisotopic (exact) mass is 578 g/mol. The van der Waals surface area contributed by atoms with Crippen molar-refractivity contribution in [1.82, 2.24) is 25.5 Å². The second kappa shape index (κ2) is 12.4. The highest BCUT2D eigenvalue weighted by molar-refractivity contribution is 6.05. The van der Waals surface area contributed by atoms with Gasteiger partial charge in [0.15, 0.2) is 0 Å².